The van der Waals surface area contributed by atoms with Crippen molar-refractivity contribution in [2.24, 2.45) is 17.8 Å². The average molecular weight is 262 g/mol. The first-order valence-electron chi connectivity index (χ1n) is 7.01. The summed E-state index contributed by atoms with van der Waals surface area (Å²) in [7, 11) is 0. The second kappa shape index (κ2) is 5.41. The number of rotatable bonds is 3. The van der Waals surface area contributed by atoms with E-state index in [1.165, 1.54) is 0 Å². The summed E-state index contributed by atoms with van der Waals surface area (Å²) in [6.45, 7) is 5.56. The highest BCUT2D eigenvalue weighted by Gasteiger charge is 2.37. The van der Waals surface area contributed by atoms with Gasteiger partial charge in [0.05, 0.1) is 6.61 Å². The van der Waals surface area contributed by atoms with Crippen molar-refractivity contribution in [1.82, 2.24) is 0 Å². The zero-order valence-electron chi connectivity index (χ0n) is 11.9. The van der Waals surface area contributed by atoms with Crippen LogP contribution in [0, 0.1) is 17.8 Å². The van der Waals surface area contributed by atoms with Gasteiger partial charge in [0, 0.05) is 17.4 Å². The molecule has 0 aliphatic heterocycles. The first kappa shape index (κ1) is 14.2. The summed E-state index contributed by atoms with van der Waals surface area (Å²) in [6.07, 6.45) is 4.24. The Hall–Kier alpha value is -1.22. The summed E-state index contributed by atoms with van der Waals surface area (Å²) in [6, 6.07) is 0. The molecule has 0 spiro atoms. The fourth-order valence-electron chi connectivity index (χ4n) is 3.38. The molecule has 0 aromatic heterocycles. The molecule has 2 aliphatic carbocycles. The van der Waals surface area contributed by atoms with Gasteiger partial charge in [-0.05, 0) is 50.7 Å². The maximum absolute atomic E-state index is 12.0. The molecule has 3 atom stereocenters. The smallest absolute Gasteiger partial charge is 0.182 e. The van der Waals surface area contributed by atoms with E-state index in [2.05, 4.69) is 0 Å². The first-order chi connectivity index (χ1) is 8.95. The lowest BCUT2D eigenvalue weighted by molar-refractivity contribution is -0.122. The van der Waals surface area contributed by atoms with Crippen LogP contribution in [0.4, 0.5) is 0 Å². The molecule has 1 N–H and O–H groups in total. The summed E-state index contributed by atoms with van der Waals surface area (Å²) < 4.78 is 0. The highest BCUT2D eigenvalue weighted by Crippen LogP contribution is 2.42. The van der Waals surface area contributed by atoms with Crippen molar-refractivity contribution in [3.05, 3.63) is 22.8 Å². The Bertz CT molecular complexity index is 470. The van der Waals surface area contributed by atoms with Crippen LogP contribution in [-0.4, -0.2) is 23.3 Å². The van der Waals surface area contributed by atoms with Crippen molar-refractivity contribution in [3.8, 4) is 0 Å². The minimum Gasteiger partial charge on any atom is -0.392 e. The second-order valence-electron chi connectivity index (χ2n) is 5.92. The normalized spacial score (nSPS) is 28.8. The Balaban J connectivity index is 2.29. The quantitative estimate of drug-likeness (QED) is 0.850. The molecular formula is C16H22O3. The predicted octanol–water partition coefficient (Wildman–Crippen LogP) is 2.45. The maximum Gasteiger partial charge on any atom is 0.182 e. The van der Waals surface area contributed by atoms with Crippen molar-refractivity contribution >= 4 is 11.6 Å². The van der Waals surface area contributed by atoms with Gasteiger partial charge in [0.1, 0.15) is 5.78 Å². The number of aliphatic hydroxyl groups excluding tert-OH is 1. The number of fused-ring (bicyclic) bond motifs is 1. The van der Waals surface area contributed by atoms with Crippen LogP contribution in [0.15, 0.2) is 22.8 Å². The number of hydrogen-bond acceptors (Lipinski definition) is 3. The van der Waals surface area contributed by atoms with Crippen LogP contribution in [-0.2, 0) is 9.59 Å². The molecule has 3 unspecified atom stereocenters. The van der Waals surface area contributed by atoms with Crippen molar-refractivity contribution in [3.63, 3.8) is 0 Å². The number of Topliss-reactive ketones (excluding diaryl/α,β-unsaturated/α-hetero) is 1. The first-order valence-corrected chi connectivity index (χ1v) is 7.01. The number of aliphatic hydroxyl groups is 1. The van der Waals surface area contributed by atoms with Gasteiger partial charge >= 0.3 is 0 Å². The van der Waals surface area contributed by atoms with Gasteiger partial charge in [0.25, 0.3) is 0 Å². The summed E-state index contributed by atoms with van der Waals surface area (Å²) in [5, 5.41) is 9.42. The van der Waals surface area contributed by atoms with Crippen LogP contribution in [0.3, 0.4) is 0 Å². The van der Waals surface area contributed by atoms with Crippen LogP contribution >= 0.6 is 0 Å². The van der Waals surface area contributed by atoms with Crippen LogP contribution in [0.25, 0.3) is 0 Å². The van der Waals surface area contributed by atoms with E-state index in [9.17, 15) is 14.7 Å². The van der Waals surface area contributed by atoms with Gasteiger partial charge in [-0.25, -0.2) is 0 Å². The molecule has 2 aliphatic rings. The molecule has 104 valence electrons. The molecule has 3 heteroatoms. The zero-order chi connectivity index (χ0) is 14.2. The van der Waals surface area contributed by atoms with Gasteiger partial charge in [-0.15, -0.1) is 0 Å². The van der Waals surface area contributed by atoms with E-state index in [0.29, 0.717) is 5.92 Å². The van der Waals surface area contributed by atoms with Crippen molar-refractivity contribution in [2.75, 3.05) is 6.61 Å². The number of carbonyl (C=O) groups excluding carboxylic acids is 2. The molecule has 19 heavy (non-hydrogen) atoms. The Morgan fingerprint density at radius 3 is 2.79 bits per heavy atom. The standard InChI is InChI=1S/C16H22O3/c1-9-4-5-12(10(2)11(3)18)6-14-13(8-17)7-15(19)16(9)14/h7,10,12,14,17H,4-6,8H2,1-3H3. The van der Waals surface area contributed by atoms with Crippen LogP contribution < -0.4 is 0 Å². The average Bonchev–Trinajstić information content (AvgIpc) is 2.57. The highest BCUT2D eigenvalue weighted by atomic mass is 16.3. The molecule has 0 amide bonds. The fourth-order valence-corrected chi connectivity index (χ4v) is 3.38. The van der Waals surface area contributed by atoms with E-state index in [1.807, 2.05) is 13.8 Å². The SMILES string of the molecule is CC(=O)C(C)C1CCC(C)=C2C(=O)C=C(CO)C2C1. The number of allylic oxidation sites excluding steroid dienone is 3. The Kier molecular flexibility index (Phi) is 4.04. The summed E-state index contributed by atoms with van der Waals surface area (Å²) in [5.74, 6) is 0.637. The molecule has 2 rings (SSSR count). The van der Waals surface area contributed by atoms with Gasteiger partial charge < -0.3 is 5.11 Å². The summed E-state index contributed by atoms with van der Waals surface area (Å²) in [5.41, 5.74) is 2.83. The van der Waals surface area contributed by atoms with E-state index < -0.39 is 0 Å². The molecule has 0 heterocycles. The van der Waals surface area contributed by atoms with Crippen LogP contribution in [0.2, 0.25) is 0 Å². The third kappa shape index (κ3) is 2.57. The topological polar surface area (TPSA) is 54.4 Å². The van der Waals surface area contributed by atoms with Crippen molar-refractivity contribution in [1.29, 1.82) is 0 Å². The van der Waals surface area contributed by atoms with Crippen LogP contribution in [0.1, 0.15) is 40.0 Å². The van der Waals surface area contributed by atoms with E-state index in [-0.39, 0.29) is 30.0 Å². The van der Waals surface area contributed by atoms with E-state index in [4.69, 9.17) is 0 Å². The minimum atomic E-state index is -0.0612. The van der Waals surface area contributed by atoms with Gasteiger partial charge in [-0.1, -0.05) is 12.5 Å². The van der Waals surface area contributed by atoms with Crippen LogP contribution in [0.5, 0.6) is 0 Å². The molecule has 3 nitrogen and oxygen atoms in total. The second-order valence-corrected chi connectivity index (χ2v) is 5.92. The number of ketones is 2. The van der Waals surface area contributed by atoms with Gasteiger partial charge in [0.15, 0.2) is 5.78 Å². The van der Waals surface area contributed by atoms with Gasteiger partial charge in [-0.2, -0.15) is 0 Å². The van der Waals surface area contributed by atoms with Crippen molar-refractivity contribution in [2.45, 2.75) is 40.0 Å². The maximum atomic E-state index is 12.0. The van der Waals surface area contributed by atoms with E-state index in [1.54, 1.807) is 13.0 Å². The fraction of sp³-hybridized carbons (Fsp3) is 0.625. The molecule has 0 aromatic rings. The lowest BCUT2D eigenvalue weighted by Crippen LogP contribution is -2.21. The highest BCUT2D eigenvalue weighted by molar-refractivity contribution is 6.08. The van der Waals surface area contributed by atoms with E-state index in [0.717, 1.165) is 36.0 Å². The van der Waals surface area contributed by atoms with Gasteiger partial charge in [0.2, 0.25) is 0 Å². The summed E-state index contributed by atoms with van der Waals surface area (Å²) in [4.78, 5) is 23.6. The molecule has 0 fully saturated rings. The van der Waals surface area contributed by atoms with Crippen molar-refractivity contribution < 1.29 is 14.7 Å². The largest absolute Gasteiger partial charge is 0.392 e. The van der Waals surface area contributed by atoms with E-state index >= 15 is 0 Å². The zero-order valence-corrected chi connectivity index (χ0v) is 11.9. The molecule has 0 saturated carbocycles. The predicted molar refractivity (Wildman–Crippen MR) is 73.6 cm³/mol. The Morgan fingerprint density at radius 2 is 2.21 bits per heavy atom. The minimum absolute atomic E-state index is 0.0304. The monoisotopic (exact) mass is 262 g/mol. The Labute approximate surface area is 114 Å². The third-order valence-corrected chi connectivity index (χ3v) is 4.80. The number of hydrogen-bond donors (Lipinski definition) is 1. The lowest BCUT2D eigenvalue weighted by Gasteiger charge is -2.24. The molecule has 0 aromatic carbocycles. The number of carbonyl (C=O) groups is 2. The molecule has 0 radical (unpaired) electrons. The van der Waals surface area contributed by atoms with Gasteiger partial charge in [-0.3, -0.25) is 9.59 Å². The molecular weight excluding hydrogens is 240 g/mol. The lowest BCUT2D eigenvalue weighted by atomic mass is 9.80. The molecule has 0 saturated heterocycles. The summed E-state index contributed by atoms with van der Waals surface area (Å²) >= 11 is 0. The Morgan fingerprint density at radius 1 is 1.53 bits per heavy atom. The molecule has 0 bridgehead atoms. The third-order valence-electron chi connectivity index (χ3n) is 4.80.